The van der Waals surface area contributed by atoms with Crippen LogP contribution >= 0.6 is 0 Å². The highest BCUT2D eigenvalue weighted by atomic mass is 32.2. The van der Waals surface area contributed by atoms with Crippen LogP contribution in [0.2, 0.25) is 0 Å². The highest BCUT2D eigenvalue weighted by Gasteiger charge is 2.17. The molecule has 1 aliphatic carbocycles. The van der Waals surface area contributed by atoms with Gasteiger partial charge >= 0.3 is 0 Å². The lowest BCUT2D eigenvalue weighted by atomic mass is 9.87. The number of pyridine rings is 1. The molecule has 112 valence electrons. The van der Waals surface area contributed by atoms with Gasteiger partial charge in [0.2, 0.25) is 10.0 Å². The Morgan fingerprint density at radius 1 is 1.30 bits per heavy atom. The minimum atomic E-state index is -3.42. The molecular weight excluding hydrogens is 274 g/mol. The maximum atomic E-state index is 12.2. The van der Waals surface area contributed by atoms with Gasteiger partial charge in [-0.15, -0.1) is 0 Å². The SMILES string of the molecule is CNc1cc(S(=O)(=O)NCCC2CCCCC2)ccn1. The topological polar surface area (TPSA) is 71.1 Å². The predicted molar refractivity (Wildman–Crippen MR) is 80.2 cm³/mol. The van der Waals surface area contributed by atoms with Gasteiger partial charge in [-0.2, -0.15) is 0 Å². The van der Waals surface area contributed by atoms with Crippen molar-refractivity contribution in [3.63, 3.8) is 0 Å². The second kappa shape index (κ2) is 7.04. The van der Waals surface area contributed by atoms with Gasteiger partial charge in [0.15, 0.2) is 0 Å². The number of nitrogens with zero attached hydrogens (tertiary/aromatic N) is 1. The first-order valence-corrected chi connectivity index (χ1v) is 8.73. The van der Waals surface area contributed by atoms with E-state index in [1.165, 1.54) is 44.4 Å². The molecule has 1 aromatic heterocycles. The van der Waals surface area contributed by atoms with Crippen LogP contribution in [-0.4, -0.2) is 27.0 Å². The molecule has 6 heteroatoms. The van der Waals surface area contributed by atoms with Gasteiger partial charge in [-0.3, -0.25) is 0 Å². The summed E-state index contributed by atoms with van der Waals surface area (Å²) in [5.41, 5.74) is 0. The van der Waals surface area contributed by atoms with Gasteiger partial charge < -0.3 is 5.32 Å². The number of rotatable bonds is 6. The van der Waals surface area contributed by atoms with Crippen LogP contribution in [-0.2, 0) is 10.0 Å². The van der Waals surface area contributed by atoms with Crippen LogP contribution in [0.15, 0.2) is 23.2 Å². The average Bonchev–Trinajstić information content (AvgIpc) is 2.48. The van der Waals surface area contributed by atoms with E-state index in [9.17, 15) is 8.42 Å². The lowest BCUT2D eigenvalue weighted by Gasteiger charge is -2.21. The fourth-order valence-corrected chi connectivity index (χ4v) is 3.73. The molecule has 1 fully saturated rings. The van der Waals surface area contributed by atoms with Gasteiger partial charge in [0.1, 0.15) is 5.82 Å². The van der Waals surface area contributed by atoms with Crippen LogP contribution in [0.4, 0.5) is 5.82 Å². The number of aromatic nitrogens is 1. The van der Waals surface area contributed by atoms with Crippen molar-refractivity contribution >= 4 is 15.8 Å². The summed E-state index contributed by atoms with van der Waals surface area (Å²) in [6.07, 6.45) is 8.80. The fourth-order valence-electron chi connectivity index (χ4n) is 2.67. The molecule has 1 heterocycles. The molecule has 2 rings (SSSR count). The lowest BCUT2D eigenvalue weighted by molar-refractivity contribution is 0.339. The normalized spacial score (nSPS) is 17.1. The molecule has 0 saturated heterocycles. The number of anilines is 1. The van der Waals surface area contributed by atoms with Crippen LogP contribution in [0.1, 0.15) is 38.5 Å². The van der Waals surface area contributed by atoms with Crippen molar-refractivity contribution in [3.05, 3.63) is 18.3 Å². The smallest absolute Gasteiger partial charge is 0.240 e. The summed E-state index contributed by atoms with van der Waals surface area (Å²) in [6.45, 7) is 0.518. The average molecular weight is 297 g/mol. The van der Waals surface area contributed by atoms with E-state index in [2.05, 4.69) is 15.0 Å². The van der Waals surface area contributed by atoms with Crippen LogP contribution < -0.4 is 10.0 Å². The number of hydrogen-bond donors (Lipinski definition) is 2. The first kappa shape index (κ1) is 15.3. The van der Waals surface area contributed by atoms with Gasteiger partial charge in [0, 0.05) is 25.9 Å². The van der Waals surface area contributed by atoms with E-state index >= 15 is 0 Å². The van der Waals surface area contributed by atoms with Crippen LogP contribution in [0.5, 0.6) is 0 Å². The van der Waals surface area contributed by atoms with E-state index < -0.39 is 10.0 Å². The van der Waals surface area contributed by atoms with Gasteiger partial charge in [0.25, 0.3) is 0 Å². The molecule has 0 amide bonds. The van der Waals surface area contributed by atoms with Crippen molar-refractivity contribution in [2.45, 2.75) is 43.4 Å². The summed E-state index contributed by atoms with van der Waals surface area (Å²) in [6, 6.07) is 3.06. The molecule has 0 atom stereocenters. The summed E-state index contributed by atoms with van der Waals surface area (Å²) in [7, 11) is -1.71. The Labute approximate surface area is 121 Å². The third-order valence-electron chi connectivity index (χ3n) is 3.87. The van der Waals surface area contributed by atoms with Crippen LogP contribution in [0.3, 0.4) is 0 Å². The molecule has 20 heavy (non-hydrogen) atoms. The van der Waals surface area contributed by atoms with Gasteiger partial charge in [-0.1, -0.05) is 32.1 Å². The summed E-state index contributed by atoms with van der Waals surface area (Å²) in [5.74, 6) is 1.23. The first-order chi connectivity index (χ1) is 9.62. The molecular formula is C14H23N3O2S. The zero-order chi connectivity index (χ0) is 14.4. The molecule has 1 aromatic rings. The summed E-state index contributed by atoms with van der Waals surface area (Å²) in [5, 5.41) is 2.84. The Kier molecular flexibility index (Phi) is 5.37. The van der Waals surface area contributed by atoms with Crippen molar-refractivity contribution in [2.75, 3.05) is 18.9 Å². The van der Waals surface area contributed by atoms with Crippen molar-refractivity contribution in [1.82, 2.24) is 9.71 Å². The largest absolute Gasteiger partial charge is 0.373 e. The lowest BCUT2D eigenvalue weighted by Crippen LogP contribution is -2.26. The zero-order valence-electron chi connectivity index (χ0n) is 11.9. The Balaban J connectivity index is 1.89. The maximum absolute atomic E-state index is 12.2. The number of hydrogen-bond acceptors (Lipinski definition) is 4. The summed E-state index contributed by atoms with van der Waals surface area (Å²) >= 11 is 0. The number of sulfonamides is 1. The first-order valence-electron chi connectivity index (χ1n) is 7.25. The minimum Gasteiger partial charge on any atom is -0.373 e. The number of nitrogens with one attached hydrogen (secondary N) is 2. The monoisotopic (exact) mass is 297 g/mol. The molecule has 0 unspecified atom stereocenters. The molecule has 5 nitrogen and oxygen atoms in total. The van der Waals surface area contributed by atoms with Gasteiger partial charge in [0.05, 0.1) is 4.90 Å². The second-order valence-electron chi connectivity index (χ2n) is 5.32. The Morgan fingerprint density at radius 2 is 2.05 bits per heavy atom. The molecule has 2 N–H and O–H groups in total. The Hall–Kier alpha value is -1.14. The van der Waals surface area contributed by atoms with Gasteiger partial charge in [-0.05, 0) is 18.4 Å². The molecule has 1 aliphatic rings. The van der Waals surface area contributed by atoms with Crippen LogP contribution in [0, 0.1) is 5.92 Å². The summed E-state index contributed by atoms with van der Waals surface area (Å²) in [4.78, 5) is 4.29. The Morgan fingerprint density at radius 3 is 2.75 bits per heavy atom. The zero-order valence-corrected chi connectivity index (χ0v) is 12.7. The van der Waals surface area contributed by atoms with Crippen LogP contribution in [0.25, 0.3) is 0 Å². The minimum absolute atomic E-state index is 0.264. The second-order valence-corrected chi connectivity index (χ2v) is 7.08. The third-order valence-corrected chi connectivity index (χ3v) is 5.33. The van der Waals surface area contributed by atoms with E-state index in [1.807, 2.05) is 0 Å². The Bertz CT molecular complexity index is 525. The van der Waals surface area contributed by atoms with Crippen molar-refractivity contribution in [2.24, 2.45) is 5.92 Å². The van der Waals surface area contributed by atoms with E-state index in [-0.39, 0.29) is 4.90 Å². The molecule has 0 aliphatic heterocycles. The fraction of sp³-hybridized carbons (Fsp3) is 0.643. The van der Waals surface area contributed by atoms with Crippen molar-refractivity contribution in [1.29, 1.82) is 0 Å². The van der Waals surface area contributed by atoms with E-state index in [4.69, 9.17) is 0 Å². The van der Waals surface area contributed by atoms with Gasteiger partial charge in [-0.25, -0.2) is 18.1 Å². The van der Waals surface area contributed by atoms with E-state index in [1.54, 1.807) is 13.1 Å². The molecule has 0 spiro atoms. The van der Waals surface area contributed by atoms with Crippen molar-refractivity contribution in [3.8, 4) is 0 Å². The molecule has 1 saturated carbocycles. The van der Waals surface area contributed by atoms with E-state index in [0.29, 0.717) is 18.3 Å². The third kappa shape index (κ3) is 4.18. The maximum Gasteiger partial charge on any atom is 0.240 e. The highest BCUT2D eigenvalue weighted by molar-refractivity contribution is 7.89. The van der Waals surface area contributed by atoms with E-state index in [0.717, 1.165) is 6.42 Å². The predicted octanol–water partition coefficient (Wildman–Crippen LogP) is 2.37. The van der Waals surface area contributed by atoms with Crippen molar-refractivity contribution < 1.29 is 8.42 Å². The molecule has 0 aromatic carbocycles. The quantitative estimate of drug-likeness (QED) is 0.845. The highest BCUT2D eigenvalue weighted by Crippen LogP contribution is 2.25. The molecule has 0 radical (unpaired) electrons. The molecule has 0 bridgehead atoms. The standard InChI is InChI=1S/C14H23N3O2S/c1-15-14-11-13(8-9-16-14)20(18,19)17-10-7-12-5-3-2-4-6-12/h8-9,11-12,17H,2-7,10H2,1H3,(H,15,16). The summed E-state index contributed by atoms with van der Waals surface area (Å²) < 4.78 is 27.0.